The van der Waals surface area contributed by atoms with Crippen LogP contribution in [-0.4, -0.2) is 44.6 Å². The lowest BCUT2D eigenvalue weighted by Crippen LogP contribution is -2.38. The molecule has 32 heavy (non-hydrogen) atoms. The first-order chi connectivity index (χ1) is 15.6. The Balaban J connectivity index is 1.70. The van der Waals surface area contributed by atoms with Crippen LogP contribution in [0.5, 0.6) is 0 Å². The molecule has 4 rings (SSSR count). The minimum atomic E-state index is -0.109. The van der Waals surface area contributed by atoms with Gasteiger partial charge in [0, 0.05) is 35.6 Å². The number of fused-ring (bicyclic) bond motifs is 1. The number of aromatic nitrogens is 4. The number of pyridine rings is 1. The predicted molar refractivity (Wildman–Crippen MR) is 127 cm³/mol. The van der Waals surface area contributed by atoms with E-state index in [9.17, 15) is 4.79 Å². The lowest BCUT2D eigenvalue weighted by Gasteiger charge is -2.14. The van der Waals surface area contributed by atoms with E-state index in [1.165, 1.54) is 0 Å². The highest BCUT2D eigenvalue weighted by atomic mass is 16.1. The van der Waals surface area contributed by atoms with Gasteiger partial charge in [0.2, 0.25) is 0 Å². The fourth-order valence-electron chi connectivity index (χ4n) is 3.63. The Labute approximate surface area is 187 Å². The van der Waals surface area contributed by atoms with Crippen molar-refractivity contribution >= 4 is 11.6 Å². The number of aryl methyl sites for hydroxylation is 1. The Bertz CT molecular complexity index is 1220. The number of benzene rings is 1. The highest BCUT2D eigenvalue weighted by Crippen LogP contribution is 2.26. The van der Waals surface area contributed by atoms with E-state index in [-0.39, 0.29) is 11.9 Å². The number of hydrogen-bond donors (Lipinski definition) is 2. The SMILES string of the molecule is CCNC(C)CNC(=O)c1cc(CC)nc(-c2cnn3ccc(-c4ccccc4)nc23)c1. The molecule has 1 aromatic carbocycles. The molecule has 0 saturated heterocycles. The maximum Gasteiger partial charge on any atom is 0.251 e. The lowest BCUT2D eigenvalue weighted by atomic mass is 10.1. The molecule has 0 aliphatic rings. The molecular formula is C25H28N6O. The molecule has 2 N–H and O–H groups in total. The maximum absolute atomic E-state index is 12.8. The summed E-state index contributed by atoms with van der Waals surface area (Å²) in [6.07, 6.45) is 4.38. The number of hydrogen-bond acceptors (Lipinski definition) is 5. The third kappa shape index (κ3) is 4.68. The largest absolute Gasteiger partial charge is 0.350 e. The van der Waals surface area contributed by atoms with E-state index in [0.717, 1.165) is 35.5 Å². The summed E-state index contributed by atoms with van der Waals surface area (Å²) in [4.78, 5) is 22.5. The van der Waals surface area contributed by atoms with Gasteiger partial charge in [-0.25, -0.2) is 9.50 Å². The van der Waals surface area contributed by atoms with Crippen molar-refractivity contribution in [2.75, 3.05) is 13.1 Å². The van der Waals surface area contributed by atoms with Crippen LogP contribution in [0.25, 0.3) is 28.2 Å². The minimum absolute atomic E-state index is 0.109. The molecule has 7 heteroatoms. The molecule has 164 valence electrons. The molecule has 0 aliphatic heterocycles. The molecule has 0 fully saturated rings. The topological polar surface area (TPSA) is 84.2 Å². The van der Waals surface area contributed by atoms with E-state index in [4.69, 9.17) is 9.97 Å². The molecule has 3 aromatic heterocycles. The van der Waals surface area contributed by atoms with Crippen molar-refractivity contribution in [1.29, 1.82) is 0 Å². The molecule has 0 aliphatic carbocycles. The zero-order chi connectivity index (χ0) is 22.5. The van der Waals surface area contributed by atoms with Crippen LogP contribution in [0.3, 0.4) is 0 Å². The zero-order valence-corrected chi connectivity index (χ0v) is 18.7. The second-order valence-corrected chi connectivity index (χ2v) is 7.76. The molecule has 1 atom stereocenters. The van der Waals surface area contributed by atoms with E-state index < -0.39 is 0 Å². The predicted octanol–water partition coefficient (Wildman–Crippen LogP) is 3.75. The van der Waals surface area contributed by atoms with Gasteiger partial charge in [-0.2, -0.15) is 5.10 Å². The first-order valence-corrected chi connectivity index (χ1v) is 11.0. The monoisotopic (exact) mass is 428 g/mol. The van der Waals surface area contributed by atoms with Crippen molar-refractivity contribution in [1.82, 2.24) is 30.2 Å². The van der Waals surface area contributed by atoms with Gasteiger partial charge >= 0.3 is 0 Å². The average molecular weight is 429 g/mol. The van der Waals surface area contributed by atoms with Gasteiger partial charge in [-0.15, -0.1) is 0 Å². The number of nitrogens with zero attached hydrogens (tertiary/aromatic N) is 4. The molecular weight excluding hydrogens is 400 g/mol. The van der Waals surface area contributed by atoms with Crippen LogP contribution >= 0.6 is 0 Å². The molecule has 0 saturated carbocycles. The summed E-state index contributed by atoms with van der Waals surface area (Å²) in [6.45, 7) is 7.55. The standard InChI is InChI=1S/C25H28N6O/c1-4-20-13-19(25(32)27-15-17(3)26-5-2)14-23(29-20)21-16-28-31-12-11-22(30-24(21)31)18-9-7-6-8-10-18/h6-14,16-17,26H,4-5,15H2,1-3H3,(H,27,32). The van der Waals surface area contributed by atoms with Crippen molar-refractivity contribution < 1.29 is 4.79 Å². The summed E-state index contributed by atoms with van der Waals surface area (Å²) in [5.74, 6) is -0.109. The van der Waals surface area contributed by atoms with E-state index in [0.29, 0.717) is 23.4 Å². The maximum atomic E-state index is 12.8. The molecule has 7 nitrogen and oxygen atoms in total. The summed E-state index contributed by atoms with van der Waals surface area (Å²) in [6, 6.07) is 15.8. The van der Waals surface area contributed by atoms with Crippen molar-refractivity contribution in [2.24, 2.45) is 0 Å². The van der Waals surface area contributed by atoms with Crippen LogP contribution in [0.1, 0.15) is 36.8 Å². The summed E-state index contributed by atoms with van der Waals surface area (Å²) < 4.78 is 1.74. The minimum Gasteiger partial charge on any atom is -0.350 e. The summed E-state index contributed by atoms with van der Waals surface area (Å²) in [5, 5.41) is 10.8. The summed E-state index contributed by atoms with van der Waals surface area (Å²) in [7, 11) is 0. The highest BCUT2D eigenvalue weighted by Gasteiger charge is 2.16. The van der Waals surface area contributed by atoms with Gasteiger partial charge in [0.1, 0.15) is 0 Å². The quantitative estimate of drug-likeness (QED) is 0.447. The van der Waals surface area contributed by atoms with Gasteiger partial charge in [-0.05, 0) is 38.1 Å². The first-order valence-electron chi connectivity index (χ1n) is 11.0. The average Bonchev–Trinajstić information content (AvgIpc) is 3.26. The van der Waals surface area contributed by atoms with Gasteiger partial charge in [0.05, 0.1) is 23.1 Å². The van der Waals surface area contributed by atoms with Crippen LogP contribution in [0.15, 0.2) is 60.9 Å². The molecule has 3 heterocycles. The Morgan fingerprint density at radius 2 is 1.88 bits per heavy atom. The zero-order valence-electron chi connectivity index (χ0n) is 18.7. The van der Waals surface area contributed by atoms with Gasteiger partial charge < -0.3 is 10.6 Å². The number of carbonyl (C=O) groups is 1. The number of nitrogens with one attached hydrogen (secondary N) is 2. The second kappa shape index (κ2) is 9.70. The molecule has 1 amide bonds. The Morgan fingerprint density at radius 1 is 1.06 bits per heavy atom. The van der Waals surface area contributed by atoms with Gasteiger partial charge in [0.25, 0.3) is 5.91 Å². The third-order valence-corrected chi connectivity index (χ3v) is 5.34. The molecule has 4 aromatic rings. The highest BCUT2D eigenvalue weighted by molar-refractivity contribution is 5.95. The Morgan fingerprint density at radius 3 is 2.62 bits per heavy atom. The molecule has 0 spiro atoms. The smallest absolute Gasteiger partial charge is 0.251 e. The van der Waals surface area contributed by atoms with E-state index in [1.807, 2.05) is 68.6 Å². The molecule has 0 radical (unpaired) electrons. The van der Waals surface area contributed by atoms with Crippen LogP contribution in [0.2, 0.25) is 0 Å². The van der Waals surface area contributed by atoms with Crippen molar-refractivity contribution in [3.63, 3.8) is 0 Å². The Kier molecular flexibility index (Phi) is 6.56. The Hall–Kier alpha value is -3.58. The number of carbonyl (C=O) groups excluding carboxylic acids is 1. The van der Waals surface area contributed by atoms with Crippen molar-refractivity contribution in [2.45, 2.75) is 33.2 Å². The lowest BCUT2D eigenvalue weighted by molar-refractivity contribution is 0.0950. The first kappa shape index (κ1) is 21.6. The number of likely N-dealkylation sites (N-methyl/N-ethyl adjacent to an activating group) is 1. The summed E-state index contributed by atoms with van der Waals surface area (Å²) in [5.41, 5.74) is 5.54. The second-order valence-electron chi connectivity index (χ2n) is 7.76. The summed E-state index contributed by atoms with van der Waals surface area (Å²) >= 11 is 0. The van der Waals surface area contributed by atoms with Crippen molar-refractivity contribution in [3.05, 3.63) is 72.2 Å². The van der Waals surface area contributed by atoms with Crippen LogP contribution in [0.4, 0.5) is 0 Å². The van der Waals surface area contributed by atoms with E-state index in [2.05, 4.69) is 22.7 Å². The fourth-order valence-corrected chi connectivity index (χ4v) is 3.63. The van der Waals surface area contributed by atoms with Gasteiger partial charge in [-0.3, -0.25) is 9.78 Å². The van der Waals surface area contributed by atoms with Gasteiger partial charge in [0.15, 0.2) is 5.65 Å². The number of rotatable bonds is 8. The fraction of sp³-hybridized carbons (Fsp3) is 0.280. The van der Waals surface area contributed by atoms with Crippen molar-refractivity contribution in [3.8, 4) is 22.5 Å². The molecule has 0 bridgehead atoms. The molecule has 1 unspecified atom stereocenters. The normalized spacial score (nSPS) is 12.1. The van der Waals surface area contributed by atoms with Crippen LogP contribution < -0.4 is 10.6 Å². The third-order valence-electron chi connectivity index (χ3n) is 5.34. The number of amides is 1. The van der Waals surface area contributed by atoms with Crippen LogP contribution in [0, 0.1) is 0 Å². The van der Waals surface area contributed by atoms with E-state index >= 15 is 0 Å². The van der Waals surface area contributed by atoms with E-state index in [1.54, 1.807) is 10.7 Å². The van der Waals surface area contributed by atoms with Crippen LogP contribution in [-0.2, 0) is 6.42 Å². The van der Waals surface area contributed by atoms with Gasteiger partial charge in [-0.1, -0.05) is 44.2 Å².